The van der Waals surface area contributed by atoms with Gasteiger partial charge in [-0.05, 0) is 50.5 Å². The summed E-state index contributed by atoms with van der Waals surface area (Å²) >= 11 is 6.10. The van der Waals surface area contributed by atoms with Crippen molar-refractivity contribution in [1.82, 2.24) is 4.90 Å². The van der Waals surface area contributed by atoms with Crippen LogP contribution in [-0.2, 0) is 11.2 Å². The Labute approximate surface area is 185 Å². The zero-order valence-corrected chi connectivity index (χ0v) is 19.3. The number of nitrogens with zero attached hydrogens (tertiary/aromatic N) is 1. The van der Waals surface area contributed by atoms with Crippen LogP contribution in [0.2, 0.25) is 0 Å². The minimum absolute atomic E-state index is 0.0544. The number of amides is 1. The van der Waals surface area contributed by atoms with E-state index in [0.717, 1.165) is 16.7 Å². The molecule has 0 fully saturated rings. The smallest absolute Gasteiger partial charge is 0.229 e. The first-order chi connectivity index (χ1) is 14.3. The zero-order chi connectivity index (χ0) is 22.1. The molecule has 30 heavy (non-hydrogen) atoms. The molecule has 0 aliphatic heterocycles. The molecule has 5 heteroatoms. The van der Waals surface area contributed by atoms with E-state index in [1.165, 1.54) is 0 Å². The van der Waals surface area contributed by atoms with Crippen LogP contribution in [0, 0.1) is 5.41 Å². The van der Waals surface area contributed by atoms with E-state index < -0.39 is 5.41 Å². The van der Waals surface area contributed by atoms with Gasteiger partial charge in [-0.15, -0.1) is 11.6 Å². The number of alkyl halides is 1. The molecule has 0 saturated heterocycles. The summed E-state index contributed by atoms with van der Waals surface area (Å²) in [5.41, 5.74) is 2.71. The fourth-order valence-corrected chi connectivity index (χ4v) is 3.33. The normalized spacial score (nSPS) is 11.9. The SMILES string of the molecule is COc1ccc(CCN(C/C(C)=C/c2ccccc2)C(=O)C(C)(C)CCl)cc1OC. The molecule has 162 valence electrons. The van der Waals surface area contributed by atoms with Gasteiger partial charge < -0.3 is 14.4 Å². The van der Waals surface area contributed by atoms with E-state index in [9.17, 15) is 4.79 Å². The van der Waals surface area contributed by atoms with Gasteiger partial charge in [0.2, 0.25) is 5.91 Å². The number of methoxy groups -OCH3 is 2. The van der Waals surface area contributed by atoms with Crippen molar-refractivity contribution in [3.8, 4) is 11.5 Å². The Kier molecular flexibility index (Phi) is 8.79. The number of carbonyl (C=O) groups excluding carboxylic acids is 1. The number of ether oxygens (including phenoxy) is 2. The average Bonchev–Trinajstić information content (AvgIpc) is 2.76. The van der Waals surface area contributed by atoms with E-state index in [4.69, 9.17) is 21.1 Å². The summed E-state index contributed by atoms with van der Waals surface area (Å²) in [5, 5.41) is 0. The molecule has 2 aromatic carbocycles. The van der Waals surface area contributed by atoms with Gasteiger partial charge in [0.1, 0.15) is 0 Å². The maximum absolute atomic E-state index is 13.2. The monoisotopic (exact) mass is 429 g/mol. The van der Waals surface area contributed by atoms with Gasteiger partial charge in [0.25, 0.3) is 0 Å². The van der Waals surface area contributed by atoms with Crippen LogP contribution >= 0.6 is 11.6 Å². The lowest BCUT2D eigenvalue weighted by Gasteiger charge is -2.31. The molecule has 0 spiro atoms. The Morgan fingerprint density at radius 2 is 1.73 bits per heavy atom. The van der Waals surface area contributed by atoms with Gasteiger partial charge in [0.05, 0.1) is 19.6 Å². The highest BCUT2D eigenvalue weighted by molar-refractivity contribution is 6.19. The first-order valence-corrected chi connectivity index (χ1v) is 10.6. The van der Waals surface area contributed by atoms with Crippen molar-refractivity contribution >= 4 is 23.6 Å². The third-order valence-corrected chi connectivity index (χ3v) is 5.64. The zero-order valence-electron chi connectivity index (χ0n) is 18.6. The minimum atomic E-state index is -0.619. The quantitative estimate of drug-likeness (QED) is 0.472. The maximum Gasteiger partial charge on any atom is 0.229 e. The second kappa shape index (κ2) is 11.1. The number of carbonyl (C=O) groups is 1. The first-order valence-electron chi connectivity index (χ1n) is 10.1. The highest BCUT2D eigenvalue weighted by atomic mass is 35.5. The molecule has 1 amide bonds. The number of halogens is 1. The van der Waals surface area contributed by atoms with E-state index >= 15 is 0 Å². The average molecular weight is 430 g/mol. The summed E-state index contributed by atoms with van der Waals surface area (Å²) in [6, 6.07) is 16.0. The Balaban J connectivity index is 2.19. The van der Waals surface area contributed by atoms with Gasteiger partial charge >= 0.3 is 0 Å². The van der Waals surface area contributed by atoms with Gasteiger partial charge in [0, 0.05) is 19.0 Å². The molecule has 0 N–H and O–H groups in total. The summed E-state index contributed by atoms with van der Waals surface area (Å²) in [6.07, 6.45) is 2.83. The van der Waals surface area contributed by atoms with Crippen molar-refractivity contribution < 1.29 is 14.3 Å². The second-order valence-electron chi connectivity index (χ2n) is 8.08. The molecular weight excluding hydrogens is 398 g/mol. The topological polar surface area (TPSA) is 38.8 Å². The minimum Gasteiger partial charge on any atom is -0.493 e. The molecule has 2 rings (SSSR count). The van der Waals surface area contributed by atoms with Crippen LogP contribution in [0.25, 0.3) is 6.08 Å². The van der Waals surface area contributed by atoms with Gasteiger partial charge in [-0.1, -0.05) is 48.0 Å². The van der Waals surface area contributed by atoms with Gasteiger partial charge in [-0.25, -0.2) is 0 Å². The number of rotatable bonds is 10. The van der Waals surface area contributed by atoms with Crippen LogP contribution in [0.5, 0.6) is 11.5 Å². The molecule has 4 nitrogen and oxygen atoms in total. The Bertz CT molecular complexity index is 862. The van der Waals surface area contributed by atoms with Crippen molar-refractivity contribution in [2.45, 2.75) is 27.2 Å². The fraction of sp³-hybridized carbons (Fsp3) is 0.400. The standard InChI is InChI=1S/C25H32ClNO3/c1-19(15-20-9-7-6-8-10-20)17-27(24(28)25(2,3)18-26)14-13-21-11-12-22(29-4)23(16-21)30-5/h6-12,15-16H,13-14,17-18H2,1-5H3/b19-15+. The van der Waals surface area contributed by atoms with Gasteiger partial charge in [0.15, 0.2) is 11.5 Å². The largest absolute Gasteiger partial charge is 0.493 e. The first kappa shape index (κ1) is 23.8. The molecule has 0 aliphatic rings. The van der Waals surface area contributed by atoms with Crippen molar-refractivity contribution in [2.24, 2.45) is 5.41 Å². The van der Waals surface area contributed by atoms with Gasteiger partial charge in [-0.2, -0.15) is 0 Å². The van der Waals surface area contributed by atoms with Crippen LogP contribution in [-0.4, -0.2) is 44.0 Å². The molecule has 0 radical (unpaired) electrons. The number of hydrogen-bond donors (Lipinski definition) is 0. The van der Waals surface area contributed by atoms with Crippen LogP contribution in [0.3, 0.4) is 0 Å². The predicted octanol–water partition coefficient (Wildman–Crippen LogP) is 5.44. The fourth-order valence-electron chi connectivity index (χ4n) is 3.22. The Morgan fingerprint density at radius 3 is 2.33 bits per heavy atom. The van der Waals surface area contributed by atoms with Crippen molar-refractivity contribution in [3.05, 3.63) is 65.2 Å². The Hall–Kier alpha value is -2.46. The molecule has 0 saturated carbocycles. The third kappa shape index (κ3) is 6.53. The summed E-state index contributed by atoms with van der Waals surface area (Å²) in [5.74, 6) is 1.71. The Morgan fingerprint density at radius 1 is 1.07 bits per heavy atom. The number of hydrogen-bond acceptors (Lipinski definition) is 3. The third-order valence-electron chi connectivity index (χ3n) is 4.97. The van der Waals surface area contributed by atoms with E-state index in [-0.39, 0.29) is 11.8 Å². The highest BCUT2D eigenvalue weighted by Gasteiger charge is 2.31. The molecule has 2 aromatic rings. The predicted molar refractivity (Wildman–Crippen MR) is 124 cm³/mol. The molecule has 0 heterocycles. The second-order valence-corrected chi connectivity index (χ2v) is 8.35. The van der Waals surface area contributed by atoms with Crippen molar-refractivity contribution in [3.63, 3.8) is 0 Å². The van der Waals surface area contributed by atoms with Crippen LogP contribution in [0.15, 0.2) is 54.1 Å². The van der Waals surface area contributed by atoms with E-state index in [0.29, 0.717) is 31.0 Å². The molecule has 0 atom stereocenters. The number of benzene rings is 2. The van der Waals surface area contributed by atoms with Crippen LogP contribution in [0.4, 0.5) is 0 Å². The summed E-state index contributed by atoms with van der Waals surface area (Å²) in [4.78, 5) is 15.1. The van der Waals surface area contributed by atoms with Crippen LogP contribution in [0.1, 0.15) is 31.9 Å². The lowest BCUT2D eigenvalue weighted by molar-refractivity contribution is -0.138. The van der Waals surface area contributed by atoms with Crippen molar-refractivity contribution in [2.75, 3.05) is 33.2 Å². The van der Waals surface area contributed by atoms with Gasteiger partial charge in [-0.3, -0.25) is 4.79 Å². The molecule has 0 unspecified atom stereocenters. The highest BCUT2D eigenvalue weighted by Crippen LogP contribution is 2.28. The van der Waals surface area contributed by atoms with E-state index in [1.54, 1.807) is 14.2 Å². The lowest BCUT2D eigenvalue weighted by atomic mass is 9.93. The molecular formula is C25H32ClNO3. The van der Waals surface area contributed by atoms with E-state index in [1.807, 2.05) is 55.1 Å². The summed E-state index contributed by atoms with van der Waals surface area (Å²) < 4.78 is 10.7. The van der Waals surface area contributed by atoms with Crippen LogP contribution < -0.4 is 9.47 Å². The molecule has 0 bridgehead atoms. The van der Waals surface area contributed by atoms with E-state index in [2.05, 4.69) is 25.1 Å². The van der Waals surface area contributed by atoms with Crippen molar-refractivity contribution in [1.29, 1.82) is 0 Å². The molecule has 0 aliphatic carbocycles. The maximum atomic E-state index is 13.2. The summed E-state index contributed by atoms with van der Waals surface area (Å²) in [6.45, 7) is 6.98. The summed E-state index contributed by atoms with van der Waals surface area (Å²) in [7, 11) is 3.24. The lowest BCUT2D eigenvalue weighted by Crippen LogP contribution is -2.43. The molecule has 0 aromatic heterocycles.